The molecule has 0 radical (unpaired) electrons. The van der Waals surface area contributed by atoms with E-state index < -0.39 is 5.41 Å². The number of carbonyl (C=O) groups excluding carboxylic acids is 2. The molecule has 0 saturated carbocycles. The Kier molecular flexibility index (Phi) is 6.74. The third-order valence-electron chi connectivity index (χ3n) is 3.70. The van der Waals surface area contributed by atoms with Gasteiger partial charge in [0.1, 0.15) is 5.75 Å². The number of nitrogens with zero attached hydrogens (tertiary/aromatic N) is 1. The number of thiazole rings is 1. The van der Waals surface area contributed by atoms with E-state index in [1.807, 2.05) is 45.0 Å². The minimum atomic E-state index is -0.484. The Labute approximate surface area is 158 Å². The molecule has 6 nitrogen and oxygen atoms in total. The number of nitrogens with one attached hydrogen (secondary N) is 2. The maximum atomic E-state index is 12.1. The summed E-state index contributed by atoms with van der Waals surface area (Å²) in [4.78, 5) is 28.3. The first-order valence-corrected chi connectivity index (χ1v) is 9.32. The number of anilines is 1. The van der Waals surface area contributed by atoms with Gasteiger partial charge in [-0.1, -0.05) is 39.0 Å². The van der Waals surface area contributed by atoms with Crippen LogP contribution in [0.5, 0.6) is 5.75 Å². The number of ether oxygens (including phenoxy) is 1. The lowest BCUT2D eigenvalue weighted by Gasteiger charge is -2.15. The maximum absolute atomic E-state index is 12.1. The van der Waals surface area contributed by atoms with Gasteiger partial charge in [0.15, 0.2) is 5.13 Å². The van der Waals surface area contributed by atoms with Gasteiger partial charge in [0.05, 0.1) is 19.2 Å². The molecule has 26 heavy (non-hydrogen) atoms. The van der Waals surface area contributed by atoms with E-state index in [0.29, 0.717) is 23.8 Å². The highest BCUT2D eigenvalue weighted by molar-refractivity contribution is 7.13. The normalized spacial score (nSPS) is 11.1. The molecule has 0 saturated heterocycles. The molecule has 1 heterocycles. The molecule has 2 N–H and O–H groups in total. The standard InChI is InChI=1S/C19H25N3O3S/c1-19(2,3)17(24)22-18-21-14(12-26-18)11-16(23)20-10-9-13-7-5-6-8-15(13)25-4/h5-8,12H,9-11H2,1-4H3,(H,20,23)(H,21,22,24). The molecule has 0 spiro atoms. The van der Waals surface area contributed by atoms with Gasteiger partial charge < -0.3 is 15.4 Å². The van der Waals surface area contributed by atoms with Crippen molar-refractivity contribution in [1.29, 1.82) is 0 Å². The Hall–Kier alpha value is -2.41. The van der Waals surface area contributed by atoms with Gasteiger partial charge in [-0.3, -0.25) is 9.59 Å². The van der Waals surface area contributed by atoms with Crippen LogP contribution in [0.25, 0.3) is 0 Å². The molecule has 1 aromatic carbocycles. The Bertz CT molecular complexity index is 765. The van der Waals surface area contributed by atoms with Crippen LogP contribution in [0.2, 0.25) is 0 Å². The van der Waals surface area contributed by atoms with Crippen molar-refractivity contribution in [2.45, 2.75) is 33.6 Å². The van der Waals surface area contributed by atoms with Gasteiger partial charge in [-0.2, -0.15) is 0 Å². The molecule has 0 fully saturated rings. The minimum absolute atomic E-state index is 0.0975. The number of hydrogen-bond donors (Lipinski definition) is 2. The van der Waals surface area contributed by atoms with E-state index in [1.54, 1.807) is 12.5 Å². The summed E-state index contributed by atoms with van der Waals surface area (Å²) < 4.78 is 5.30. The van der Waals surface area contributed by atoms with Crippen LogP contribution in [-0.2, 0) is 22.4 Å². The lowest BCUT2D eigenvalue weighted by molar-refractivity contribution is -0.123. The summed E-state index contributed by atoms with van der Waals surface area (Å²) in [7, 11) is 1.63. The van der Waals surface area contributed by atoms with Crippen LogP contribution >= 0.6 is 11.3 Å². The van der Waals surface area contributed by atoms with E-state index in [9.17, 15) is 9.59 Å². The van der Waals surface area contributed by atoms with E-state index in [1.165, 1.54) is 11.3 Å². The van der Waals surface area contributed by atoms with E-state index in [-0.39, 0.29) is 18.2 Å². The Morgan fingerprint density at radius 3 is 2.65 bits per heavy atom. The van der Waals surface area contributed by atoms with Gasteiger partial charge in [-0.25, -0.2) is 4.98 Å². The Morgan fingerprint density at radius 1 is 1.23 bits per heavy atom. The highest BCUT2D eigenvalue weighted by atomic mass is 32.1. The van der Waals surface area contributed by atoms with Crippen LogP contribution in [0.4, 0.5) is 5.13 Å². The summed E-state index contributed by atoms with van der Waals surface area (Å²) in [5.74, 6) is 0.624. The van der Waals surface area contributed by atoms with Crippen molar-refractivity contribution in [3.05, 3.63) is 40.9 Å². The summed E-state index contributed by atoms with van der Waals surface area (Å²) in [6, 6.07) is 7.75. The van der Waals surface area contributed by atoms with E-state index in [2.05, 4.69) is 15.6 Å². The predicted molar refractivity (Wildman–Crippen MR) is 104 cm³/mol. The van der Waals surface area contributed by atoms with Gasteiger partial charge >= 0.3 is 0 Å². The van der Waals surface area contributed by atoms with Crippen LogP contribution in [-0.4, -0.2) is 30.5 Å². The summed E-state index contributed by atoms with van der Waals surface area (Å²) >= 11 is 1.32. The summed E-state index contributed by atoms with van der Waals surface area (Å²) in [5.41, 5.74) is 1.21. The molecule has 2 rings (SSSR count). The first kappa shape index (κ1) is 19.9. The van der Waals surface area contributed by atoms with E-state index in [0.717, 1.165) is 11.3 Å². The van der Waals surface area contributed by atoms with Crippen molar-refractivity contribution in [2.75, 3.05) is 19.0 Å². The van der Waals surface area contributed by atoms with Crippen molar-refractivity contribution in [1.82, 2.24) is 10.3 Å². The molecular weight excluding hydrogens is 350 g/mol. The second-order valence-electron chi connectivity index (χ2n) is 6.94. The summed E-state index contributed by atoms with van der Waals surface area (Å²) in [6.07, 6.45) is 0.882. The third-order valence-corrected chi connectivity index (χ3v) is 4.51. The maximum Gasteiger partial charge on any atom is 0.231 e. The quantitative estimate of drug-likeness (QED) is 0.779. The number of aromatic nitrogens is 1. The van der Waals surface area contributed by atoms with Crippen molar-refractivity contribution in [3.8, 4) is 5.75 Å². The first-order valence-electron chi connectivity index (χ1n) is 8.44. The minimum Gasteiger partial charge on any atom is -0.496 e. The zero-order valence-electron chi connectivity index (χ0n) is 15.6. The molecule has 2 amide bonds. The second kappa shape index (κ2) is 8.80. The fourth-order valence-electron chi connectivity index (χ4n) is 2.20. The molecule has 1 aromatic heterocycles. The van der Waals surface area contributed by atoms with Gasteiger partial charge in [0, 0.05) is 17.3 Å². The number of rotatable bonds is 7. The molecular formula is C19H25N3O3S. The van der Waals surface area contributed by atoms with Crippen LogP contribution in [0, 0.1) is 5.41 Å². The third kappa shape index (κ3) is 5.84. The number of carbonyl (C=O) groups is 2. The van der Waals surface area contributed by atoms with Crippen molar-refractivity contribution in [3.63, 3.8) is 0 Å². The van der Waals surface area contributed by atoms with Gasteiger partial charge in [0.25, 0.3) is 0 Å². The van der Waals surface area contributed by atoms with E-state index >= 15 is 0 Å². The average molecular weight is 375 g/mol. The van der Waals surface area contributed by atoms with Crippen molar-refractivity contribution < 1.29 is 14.3 Å². The number of benzene rings is 1. The summed E-state index contributed by atoms with van der Waals surface area (Å²) in [5, 5.41) is 7.97. The number of amides is 2. The zero-order valence-corrected chi connectivity index (χ0v) is 16.4. The lowest BCUT2D eigenvalue weighted by Crippen LogP contribution is -2.28. The van der Waals surface area contributed by atoms with Crippen LogP contribution in [0.15, 0.2) is 29.6 Å². The van der Waals surface area contributed by atoms with Crippen LogP contribution in [0.3, 0.4) is 0 Å². The lowest BCUT2D eigenvalue weighted by atomic mass is 9.96. The van der Waals surface area contributed by atoms with Gasteiger partial charge in [0.2, 0.25) is 11.8 Å². The number of hydrogen-bond acceptors (Lipinski definition) is 5. The molecule has 0 bridgehead atoms. The predicted octanol–water partition coefficient (Wildman–Crippen LogP) is 3.04. The van der Waals surface area contributed by atoms with Crippen molar-refractivity contribution >= 4 is 28.3 Å². The molecule has 140 valence electrons. The molecule has 0 atom stereocenters. The average Bonchev–Trinajstić information content (AvgIpc) is 3.01. The molecule has 0 aliphatic heterocycles. The monoisotopic (exact) mass is 375 g/mol. The topological polar surface area (TPSA) is 80.3 Å². The second-order valence-corrected chi connectivity index (χ2v) is 7.79. The van der Waals surface area contributed by atoms with Gasteiger partial charge in [-0.15, -0.1) is 11.3 Å². The molecule has 0 aliphatic carbocycles. The summed E-state index contributed by atoms with van der Waals surface area (Å²) in [6.45, 7) is 6.04. The number of para-hydroxylation sites is 1. The van der Waals surface area contributed by atoms with Crippen LogP contribution in [0.1, 0.15) is 32.0 Å². The molecule has 0 unspecified atom stereocenters. The molecule has 2 aromatic rings. The highest BCUT2D eigenvalue weighted by Gasteiger charge is 2.22. The zero-order chi connectivity index (χ0) is 19.2. The van der Waals surface area contributed by atoms with Crippen LogP contribution < -0.4 is 15.4 Å². The van der Waals surface area contributed by atoms with Crippen molar-refractivity contribution in [2.24, 2.45) is 5.41 Å². The molecule has 7 heteroatoms. The largest absolute Gasteiger partial charge is 0.496 e. The Morgan fingerprint density at radius 2 is 1.96 bits per heavy atom. The smallest absolute Gasteiger partial charge is 0.231 e. The Balaban J connectivity index is 1.80. The molecule has 0 aliphatic rings. The van der Waals surface area contributed by atoms with Gasteiger partial charge in [-0.05, 0) is 18.1 Å². The SMILES string of the molecule is COc1ccccc1CCNC(=O)Cc1csc(NC(=O)C(C)(C)C)n1. The van der Waals surface area contributed by atoms with E-state index in [4.69, 9.17) is 4.74 Å². The fourth-order valence-corrected chi connectivity index (χ4v) is 2.91. The number of methoxy groups -OCH3 is 1. The highest BCUT2D eigenvalue weighted by Crippen LogP contribution is 2.21. The first-order chi connectivity index (χ1) is 12.3. The fraction of sp³-hybridized carbons (Fsp3) is 0.421.